The van der Waals surface area contributed by atoms with Crippen molar-refractivity contribution in [2.45, 2.75) is 33.2 Å². The van der Waals surface area contributed by atoms with Gasteiger partial charge >= 0.3 is 5.97 Å². The third kappa shape index (κ3) is 5.36. The number of esters is 1. The van der Waals surface area contributed by atoms with E-state index in [9.17, 15) is 9.59 Å². The zero-order valence-corrected chi connectivity index (χ0v) is 18.6. The van der Waals surface area contributed by atoms with Crippen LogP contribution >= 0.6 is 0 Å². The molecule has 2 aromatic heterocycles. The Morgan fingerprint density at radius 2 is 1.81 bits per heavy atom. The molecule has 0 fully saturated rings. The van der Waals surface area contributed by atoms with E-state index in [1.54, 1.807) is 16.5 Å². The first-order chi connectivity index (χ1) is 14.8. The average molecular weight is 425 g/mol. The molecule has 0 saturated heterocycles. The number of aromatic nitrogens is 4. The van der Waals surface area contributed by atoms with Gasteiger partial charge in [0.25, 0.3) is 11.7 Å². The van der Waals surface area contributed by atoms with Gasteiger partial charge in [0.1, 0.15) is 6.33 Å². The zero-order valence-electron chi connectivity index (χ0n) is 18.6. The van der Waals surface area contributed by atoms with Gasteiger partial charge in [0.05, 0.1) is 0 Å². The lowest BCUT2D eigenvalue weighted by atomic mass is 10.1. The van der Waals surface area contributed by atoms with Gasteiger partial charge in [0.2, 0.25) is 0 Å². The largest absolute Gasteiger partial charge is 0.456 e. The smallest absolute Gasteiger partial charge is 0.306 e. The van der Waals surface area contributed by atoms with Crippen LogP contribution in [-0.2, 0) is 27.3 Å². The van der Waals surface area contributed by atoms with Crippen LogP contribution < -0.4 is 4.90 Å². The second-order valence-electron chi connectivity index (χ2n) is 7.70. The molecule has 0 bridgehead atoms. The summed E-state index contributed by atoms with van der Waals surface area (Å²) in [6.45, 7) is 3.97. The third-order valence-corrected chi connectivity index (χ3v) is 5.22. The van der Waals surface area contributed by atoms with Crippen molar-refractivity contribution in [3.05, 3.63) is 53.1 Å². The van der Waals surface area contributed by atoms with Gasteiger partial charge in [0, 0.05) is 51.2 Å². The molecule has 0 atom stereocenters. The highest BCUT2D eigenvalue weighted by Crippen LogP contribution is 2.16. The van der Waals surface area contributed by atoms with Gasteiger partial charge in [-0.05, 0) is 43.5 Å². The number of hydrogen-bond acceptors (Lipinski definition) is 7. The molecule has 0 aliphatic heterocycles. The monoisotopic (exact) mass is 424 g/mol. The summed E-state index contributed by atoms with van der Waals surface area (Å²) in [5, 5.41) is 4.15. The highest BCUT2D eigenvalue weighted by atomic mass is 16.5. The number of rotatable bonds is 8. The molecule has 31 heavy (non-hydrogen) atoms. The Morgan fingerprint density at radius 1 is 1.10 bits per heavy atom. The van der Waals surface area contributed by atoms with Crippen LogP contribution in [0, 0.1) is 13.8 Å². The van der Waals surface area contributed by atoms with Crippen molar-refractivity contribution in [2.75, 3.05) is 32.6 Å². The molecule has 2 heterocycles. The van der Waals surface area contributed by atoms with E-state index in [0.717, 1.165) is 28.2 Å². The summed E-state index contributed by atoms with van der Waals surface area (Å²) >= 11 is 0. The number of anilines is 1. The molecule has 164 valence electrons. The second kappa shape index (κ2) is 9.55. The highest BCUT2D eigenvalue weighted by molar-refractivity contribution is 5.80. The van der Waals surface area contributed by atoms with E-state index in [0.29, 0.717) is 18.7 Å². The molecule has 3 aromatic rings. The lowest BCUT2D eigenvalue weighted by Crippen LogP contribution is -2.30. The Kier molecular flexibility index (Phi) is 6.84. The number of nitrogens with zero attached hydrogens (tertiary/aromatic N) is 6. The number of amides is 1. The molecule has 0 aliphatic carbocycles. The average Bonchev–Trinajstić information content (AvgIpc) is 3.20. The van der Waals surface area contributed by atoms with Crippen molar-refractivity contribution in [3.8, 4) is 0 Å². The minimum absolute atomic E-state index is 0.159. The van der Waals surface area contributed by atoms with Crippen molar-refractivity contribution in [1.82, 2.24) is 24.5 Å². The maximum absolute atomic E-state index is 12.3. The van der Waals surface area contributed by atoms with E-state index in [4.69, 9.17) is 4.74 Å². The number of carbonyl (C=O) groups is 2. The molecular formula is C22H28N6O3. The van der Waals surface area contributed by atoms with Crippen LogP contribution in [-0.4, -0.2) is 64.1 Å². The van der Waals surface area contributed by atoms with Crippen LogP contribution in [0.3, 0.4) is 0 Å². The highest BCUT2D eigenvalue weighted by Gasteiger charge is 2.15. The molecule has 1 amide bonds. The van der Waals surface area contributed by atoms with Crippen LogP contribution in [0.4, 0.5) is 5.69 Å². The SMILES string of the molecule is Cc1nc2ncnn2c(C)c1CCC(=O)OCC(=O)N(C)Cc1ccc(N(C)C)cc1. The lowest BCUT2D eigenvalue weighted by Gasteiger charge is -2.18. The van der Waals surface area contributed by atoms with Gasteiger partial charge < -0.3 is 14.5 Å². The Bertz CT molecular complexity index is 1070. The Labute approximate surface area is 181 Å². The molecule has 9 heteroatoms. The molecule has 9 nitrogen and oxygen atoms in total. The summed E-state index contributed by atoms with van der Waals surface area (Å²) in [6.07, 6.45) is 2.07. The van der Waals surface area contributed by atoms with Gasteiger partial charge in [-0.2, -0.15) is 10.1 Å². The van der Waals surface area contributed by atoms with E-state index < -0.39 is 5.97 Å². The van der Waals surface area contributed by atoms with Crippen molar-refractivity contribution in [2.24, 2.45) is 0 Å². The van der Waals surface area contributed by atoms with Crippen LogP contribution in [0.5, 0.6) is 0 Å². The number of carbonyl (C=O) groups excluding carboxylic acids is 2. The number of hydrogen-bond donors (Lipinski definition) is 0. The minimum Gasteiger partial charge on any atom is -0.456 e. The molecular weight excluding hydrogens is 396 g/mol. The summed E-state index contributed by atoms with van der Waals surface area (Å²) in [5.41, 5.74) is 4.73. The molecule has 0 N–H and O–H groups in total. The maximum atomic E-state index is 12.3. The number of fused-ring (bicyclic) bond motifs is 1. The zero-order chi connectivity index (χ0) is 22.5. The fourth-order valence-corrected chi connectivity index (χ4v) is 3.33. The quantitative estimate of drug-likeness (QED) is 0.510. The van der Waals surface area contributed by atoms with Gasteiger partial charge in [-0.3, -0.25) is 9.59 Å². The van der Waals surface area contributed by atoms with Crippen LogP contribution in [0.15, 0.2) is 30.6 Å². The third-order valence-electron chi connectivity index (χ3n) is 5.22. The summed E-state index contributed by atoms with van der Waals surface area (Å²) in [6, 6.07) is 7.97. The first-order valence-electron chi connectivity index (χ1n) is 10.1. The Hall–Kier alpha value is -3.49. The fraction of sp³-hybridized carbons (Fsp3) is 0.409. The van der Waals surface area contributed by atoms with Gasteiger partial charge in [-0.25, -0.2) is 9.50 Å². The number of aryl methyl sites for hydroxylation is 2. The van der Waals surface area contributed by atoms with E-state index in [1.165, 1.54) is 6.33 Å². The molecule has 0 radical (unpaired) electrons. The topological polar surface area (TPSA) is 92.9 Å². The maximum Gasteiger partial charge on any atom is 0.306 e. The predicted molar refractivity (Wildman–Crippen MR) is 117 cm³/mol. The minimum atomic E-state index is -0.422. The molecule has 0 unspecified atom stereocenters. The Balaban J connectivity index is 1.48. The van der Waals surface area contributed by atoms with Crippen LogP contribution in [0.25, 0.3) is 5.78 Å². The van der Waals surface area contributed by atoms with Crippen LogP contribution in [0.1, 0.15) is 28.9 Å². The molecule has 0 aliphatic rings. The van der Waals surface area contributed by atoms with Gasteiger partial charge in [0.15, 0.2) is 6.61 Å². The van der Waals surface area contributed by atoms with Crippen molar-refractivity contribution >= 4 is 23.3 Å². The first kappa shape index (κ1) is 22.2. The van der Waals surface area contributed by atoms with Gasteiger partial charge in [-0.15, -0.1) is 0 Å². The Morgan fingerprint density at radius 3 is 2.48 bits per heavy atom. The normalized spacial score (nSPS) is 10.9. The van der Waals surface area contributed by atoms with Crippen LogP contribution in [0.2, 0.25) is 0 Å². The second-order valence-corrected chi connectivity index (χ2v) is 7.70. The number of benzene rings is 1. The van der Waals surface area contributed by atoms with Crippen molar-refractivity contribution < 1.29 is 14.3 Å². The van der Waals surface area contributed by atoms with E-state index in [2.05, 4.69) is 15.1 Å². The van der Waals surface area contributed by atoms with Crippen molar-refractivity contribution in [1.29, 1.82) is 0 Å². The summed E-state index contributed by atoms with van der Waals surface area (Å²) in [5.74, 6) is -0.135. The predicted octanol–water partition coefficient (Wildman–Crippen LogP) is 1.94. The number of ether oxygens (including phenoxy) is 1. The standard InChI is InChI=1S/C22H28N6O3/c1-15-19(16(2)28-22(25-15)23-14-24-28)10-11-21(30)31-13-20(29)27(5)12-17-6-8-18(9-7-17)26(3)4/h6-9,14H,10-13H2,1-5H3. The van der Waals surface area contributed by atoms with Crippen molar-refractivity contribution in [3.63, 3.8) is 0 Å². The fourth-order valence-electron chi connectivity index (χ4n) is 3.33. The van der Waals surface area contributed by atoms with E-state index >= 15 is 0 Å². The number of likely N-dealkylation sites (N-methyl/N-ethyl adjacent to an activating group) is 1. The molecule has 3 rings (SSSR count). The molecule has 0 spiro atoms. The molecule has 1 aromatic carbocycles. The lowest BCUT2D eigenvalue weighted by molar-refractivity contribution is -0.151. The first-order valence-corrected chi connectivity index (χ1v) is 10.1. The van der Waals surface area contributed by atoms with Gasteiger partial charge in [-0.1, -0.05) is 12.1 Å². The van der Waals surface area contributed by atoms with E-state index in [1.807, 2.05) is 57.1 Å². The molecule has 0 saturated carbocycles. The van der Waals surface area contributed by atoms with E-state index in [-0.39, 0.29) is 18.9 Å². The summed E-state index contributed by atoms with van der Waals surface area (Å²) < 4.78 is 6.85. The summed E-state index contributed by atoms with van der Waals surface area (Å²) in [4.78, 5) is 36.6. The summed E-state index contributed by atoms with van der Waals surface area (Å²) in [7, 11) is 5.65.